The quantitative estimate of drug-likeness (QED) is 0.628. The Kier molecular flexibility index (Phi) is 5.17. The minimum atomic E-state index is -0.138. The van der Waals surface area contributed by atoms with Crippen LogP contribution in [0.1, 0.15) is 29.9 Å². The third kappa shape index (κ3) is 3.18. The molecule has 21 heavy (non-hydrogen) atoms. The van der Waals surface area contributed by atoms with Gasteiger partial charge in [-0.05, 0) is 12.5 Å². The predicted octanol–water partition coefficient (Wildman–Crippen LogP) is 1.79. The highest BCUT2D eigenvalue weighted by molar-refractivity contribution is 6.31. The van der Waals surface area contributed by atoms with E-state index in [0.29, 0.717) is 17.2 Å². The van der Waals surface area contributed by atoms with Crippen molar-refractivity contribution in [3.63, 3.8) is 0 Å². The summed E-state index contributed by atoms with van der Waals surface area (Å²) in [7, 11) is 3.50. The lowest BCUT2D eigenvalue weighted by molar-refractivity contribution is 0.396. The van der Waals surface area contributed by atoms with E-state index in [1.54, 1.807) is 24.2 Å². The van der Waals surface area contributed by atoms with E-state index in [9.17, 15) is 0 Å². The molecule has 6 nitrogen and oxygen atoms in total. The fourth-order valence-electron chi connectivity index (χ4n) is 2.34. The Morgan fingerprint density at radius 1 is 1.52 bits per heavy atom. The Morgan fingerprint density at radius 2 is 2.29 bits per heavy atom. The highest BCUT2D eigenvalue weighted by Gasteiger charge is 2.21. The normalized spacial score (nSPS) is 12.4. The van der Waals surface area contributed by atoms with E-state index in [0.717, 1.165) is 23.4 Å². The van der Waals surface area contributed by atoms with Crippen LogP contribution in [-0.4, -0.2) is 21.9 Å². The number of hydrogen-bond donors (Lipinski definition) is 2. The van der Waals surface area contributed by atoms with Crippen LogP contribution in [-0.2, 0) is 19.9 Å². The zero-order chi connectivity index (χ0) is 15.4. The molecule has 0 fully saturated rings. The molecule has 3 N–H and O–H groups in total. The number of rotatable bonds is 6. The molecule has 0 radical (unpaired) electrons. The minimum Gasteiger partial charge on any atom is -0.495 e. The van der Waals surface area contributed by atoms with Crippen molar-refractivity contribution < 1.29 is 4.74 Å². The number of hydrazine groups is 1. The van der Waals surface area contributed by atoms with E-state index < -0.39 is 0 Å². The maximum absolute atomic E-state index is 6.40. The molecule has 2 aromatic heterocycles. The van der Waals surface area contributed by atoms with Gasteiger partial charge in [0.1, 0.15) is 5.75 Å². The Labute approximate surface area is 129 Å². The van der Waals surface area contributed by atoms with Crippen molar-refractivity contribution >= 4 is 11.6 Å². The fraction of sp³-hybridized carbons (Fsp3) is 0.429. The largest absolute Gasteiger partial charge is 0.495 e. The van der Waals surface area contributed by atoms with E-state index in [4.69, 9.17) is 22.2 Å². The third-order valence-electron chi connectivity index (χ3n) is 3.51. The molecule has 114 valence electrons. The molecule has 0 spiro atoms. The first-order valence-corrected chi connectivity index (χ1v) is 7.14. The van der Waals surface area contributed by atoms with Crippen molar-refractivity contribution in [2.45, 2.75) is 25.8 Å². The van der Waals surface area contributed by atoms with Crippen molar-refractivity contribution in [1.29, 1.82) is 0 Å². The molecule has 1 unspecified atom stereocenters. The van der Waals surface area contributed by atoms with Crippen molar-refractivity contribution in [2.75, 3.05) is 7.11 Å². The number of ether oxygens (including phenoxy) is 1. The maximum Gasteiger partial charge on any atom is 0.141 e. The standard InChI is InChI=1S/C14H20ClN5O/c1-4-10-14(15)12(20(2)19-10)7-11(18-16)9-5-6-17-8-13(9)21-3/h5-6,8,11,18H,4,7,16H2,1-3H3. The smallest absolute Gasteiger partial charge is 0.141 e. The Bertz CT molecular complexity index is 613. The Balaban J connectivity index is 2.34. The van der Waals surface area contributed by atoms with Crippen LogP contribution in [0.2, 0.25) is 5.02 Å². The number of nitrogens with two attached hydrogens (primary N) is 1. The number of pyridine rings is 1. The molecule has 0 saturated heterocycles. The van der Waals surface area contributed by atoms with Gasteiger partial charge < -0.3 is 4.74 Å². The van der Waals surface area contributed by atoms with Gasteiger partial charge >= 0.3 is 0 Å². The molecule has 0 aromatic carbocycles. The van der Waals surface area contributed by atoms with Gasteiger partial charge in [0.05, 0.1) is 35.8 Å². The number of aromatic nitrogens is 3. The first-order valence-electron chi connectivity index (χ1n) is 6.76. The minimum absolute atomic E-state index is 0.138. The summed E-state index contributed by atoms with van der Waals surface area (Å²) in [5, 5.41) is 5.13. The molecule has 0 saturated carbocycles. The van der Waals surface area contributed by atoms with Crippen molar-refractivity contribution in [3.05, 3.63) is 40.4 Å². The first-order chi connectivity index (χ1) is 10.1. The van der Waals surface area contributed by atoms with Crippen LogP contribution in [0, 0.1) is 0 Å². The van der Waals surface area contributed by atoms with Crippen LogP contribution in [0.5, 0.6) is 5.75 Å². The monoisotopic (exact) mass is 309 g/mol. The topological polar surface area (TPSA) is 78.0 Å². The second-order valence-corrected chi connectivity index (χ2v) is 5.10. The third-order valence-corrected chi connectivity index (χ3v) is 3.95. The van der Waals surface area contributed by atoms with Gasteiger partial charge in [0.2, 0.25) is 0 Å². The number of nitrogens with one attached hydrogen (secondary N) is 1. The van der Waals surface area contributed by atoms with Crippen LogP contribution in [0.25, 0.3) is 0 Å². The summed E-state index contributed by atoms with van der Waals surface area (Å²) in [5.41, 5.74) is 5.59. The number of aryl methyl sites for hydroxylation is 2. The second kappa shape index (κ2) is 6.89. The lowest BCUT2D eigenvalue weighted by Gasteiger charge is -2.19. The zero-order valence-electron chi connectivity index (χ0n) is 12.4. The molecular formula is C14H20ClN5O. The predicted molar refractivity (Wildman–Crippen MR) is 82.2 cm³/mol. The van der Waals surface area contributed by atoms with Gasteiger partial charge in [-0.1, -0.05) is 18.5 Å². The summed E-state index contributed by atoms with van der Waals surface area (Å²) in [6.07, 6.45) is 4.79. The van der Waals surface area contributed by atoms with Crippen LogP contribution < -0.4 is 16.0 Å². The molecule has 2 aromatic rings. The van der Waals surface area contributed by atoms with Crippen LogP contribution in [0.15, 0.2) is 18.5 Å². The molecule has 7 heteroatoms. The summed E-state index contributed by atoms with van der Waals surface area (Å²) in [5.74, 6) is 6.41. The number of halogens is 1. The SMILES string of the molecule is CCc1nn(C)c(CC(NN)c2ccncc2OC)c1Cl. The maximum atomic E-state index is 6.40. The molecule has 0 aliphatic rings. The van der Waals surface area contributed by atoms with E-state index >= 15 is 0 Å². The molecule has 1 atom stereocenters. The van der Waals surface area contributed by atoms with Crippen molar-refractivity contribution in [3.8, 4) is 5.75 Å². The van der Waals surface area contributed by atoms with Gasteiger partial charge in [-0.15, -0.1) is 0 Å². The summed E-state index contributed by atoms with van der Waals surface area (Å²) in [4.78, 5) is 4.06. The molecule has 0 amide bonds. The average Bonchev–Trinajstić information content (AvgIpc) is 2.79. The van der Waals surface area contributed by atoms with Gasteiger partial charge in [0.25, 0.3) is 0 Å². The highest BCUT2D eigenvalue weighted by atomic mass is 35.5. The Morgan fingerprint density at radius 3 is 2.86 bits per heavy atom. The Hall–Kier alpha value is -1.63. The van der Waals surface area contributed by atoms with Crippen molar-refractivity contribution in [2.24, 2.45) is 12.9 Å². The second-order valence-electron chi connectivity index (χ2n) is 4.73. The van der Waals surface area contributed by atoms with Gasteiger partial charge in [0, 0.05) is 25.2 Å². The zero-order valence-corrected chi connectivity index (χ0v) is 13.2. The first kappa shape index (κ1) is 15.8. The van der Waals surface area contributed by atoms with Gasteiger partial charge in [0.15, 0.2) is 0 Å². The van der Waals surface area contributed by atoms with Crippen LogP contribution in [0.4, 0.5) is 0 Å². The average molecular weight is 310 g/mol. The summed E-state index contributed by atoms with van der Waals surface area (Å²) < 4.78 is 7.14. The molecule has 2 rings (SSSR count). The summed E-state index contributed by atoms with van der Waals surface area (Å²) in [6.45, 7) is 2.03. The highest BCUT2D eigenvalue weighted by Crippen LogP contribution is 2.29. The number of hydrogen-bond acceptors (Lipinski definition) is 5. The molecule has 0 aliphatic heterocycles. The lowest BCUT2D eigenvalue weighted by atomic mass is 10.0. The van der Waals surface area contributed by atoms with Gasteiger partial charge in [-0.3, -0.25) is 20.9 Å². The molecular weight excluding hydrogens is 290 g/mol. The lowest BCUT2D eigenvalue weighted by Crippen LogP contribution is -2.30. The van der Waals surface area contributed by atoms with E-state index in [-0.39, 0.29) is 6.04 Å². The molecule has 0 aliphatic carbocycles. The molecule has 0 bridgehead atoms. The summed E-state index contributed by atoms with van der Waals surface area (Å²) in [6, 6.07) is 1.74. The van der Waals surface area contributed by atoms with E-state index in [1.165, 1.54) is 0 Å². The number of methoxy groups -OCH3 is 1. The van der Waals surface area contributed by atoms with Gasteiger partial charge in [-0.2, -0.15) is 5.10 Å². The van der Waals surface area contributed by atoms with Crippen LogP contribution in [0.3, 0.4) is 0 Å². The van der Waals surface area contributed by atoms with E-state index in [1.807, 2.05) is 20.0 Å². The van der Waals surface area contributed by atoms with Gasteiger partial charge in [-0.25, -0.2) is 0 Å². The number of nitrogens with zero attached hydrogens (tertiary/aromatic N) is 3. The van der Waals surface area contributed by atoms with Crippen molar-refractivity contribution in [1.82, 2.24) is 20.2 Å². The van der Waals surface area contributed by atoms with E-state index in [2.05, 4.69) is 15.5 Å². The van der Waals surface area contributed by atoms with Crippen LogP contribution >= 0.6 is 11.6 Å². The fourth-order valence-corrected chi connectivity index (χ4v) is 2.71. The molecule has 2 heterocycles. The summed E-state index contributed by atoms with van der Waals surface area (Å²) >= 11 is 6.40.